The van der Waals surface area contributed by atoms with Crippen LogP contribution < -0.4 is 11.1 Å². The van der Waals surface area contributed by atoms with Crippen molar-refractivity contribution in [2.24, 2.45) is 0 Å². The average molecular weight is 314 g/mol. The van der Waals surface area contributed by atoms with Crippen LogP contribution in [0.25, 0.3) is 0 Å². The molecule has 0 spiro atoms. The van der Waals surface area contributed by atoms with Gasteiger partial charge in [-0.1, -0.05) is 0 Å². The molecule has 0 saturated carbocycles. The van der Waals surface area contributed by atoms with Crippen molar-refractivity contribution in [3.05, 3.63) is 23.8 Å². The van der Waals surface area contributed by atoms with Gasteiger partial charge >= 0.3 is 0 Å². The fraction of sp³-hybridized carbons (Fsp3) is 0.462. The van der Waals surface area contributed by atoms with Crippen LogP contribution in [-0.2, 0) is 10.0 Å². The van der Waals surface area contributed by atoms with Crippen molar-refractivity contribution >= 4 is 27.3 Å². The number of nitrogen functional groups attached to an aromatic ring is 1. The van der Waals surface area contributed by atoms with E-state index in [1.807, 2.05) is 0 Å². The Bertz CT molecular complexity index is 612. The molecule has 0 fully saturated rings. The summed E-state index contributed by atoms with van der Waals surface area (Å²) in [6.07, 6.45) is 0. The maximum atomic E-state index is 11.8. The topological polar surface area (TPSA) is 95.7 Å². The minimum atomic E-state index is -3.24. The second kappa shape index (κ2) is 6.77. The molecule has 0 radical (unpaired) electrons. The van der Waals surface area contributed by atoms with Gasteiger partial charge in [0.2, 0.25) is 10.0 Å². The zero-order valence-electron chi connectivity index (χ0n) is 12.8. The molecule has 0 unspecified atom stereocenters. The highest BCUT2D eigenvalue weighted by Crippen LogP contribution is 2.20. The SMILES string of the molecule is CN(C)C(=O)c1ccc(NCCS(=O)(=O)N(C)C)c(N)c1. The summed E-state index contributed by atoms with van der Waals surface area (Å²) < 4.78 is 24.4. The standard InChI is InChI=1S/C13H22N4O3S/c1-16(2)13(18)10-5-6-12(11(14)9-10)15-7-8-21(19,20)17(3)4/h5-6,9,15H,7-8,14H2,1-4H3. The highest BCUT2D eigenvalue weighted by Gasteiger charge is 2.14. The molecule has 0 aromatic heterocycles. The molecule has 3 N–H and O–H groups in total. The number of nitrogens with one attached hydrogen (secondary N) is 1. The van der Waals surface area contributed by atoms with E-state index >= 15 is 0 Å². The largest absolute Gasteiger partial charge is 0.397 e. The Hall–Kier alpha value is -1.80. The van der Waals surface area contributed by atoms with E-state index < -0.39 is 10.0 Å². The molecule has 1 amide bonds. The third-order valence-corrected chi connectivity index (χ3v) is 4.77. The van der Waals surface area contributed by atoms with Gasteiger partial charge in [-0.05, 0) is 18.2 Å². The number of rotatable bonds is 6. The van der Waals surface area contributed by atoms with Crippen molar-refractivity contribution in [1.29, 1.82) is 0 Å². The van der Waals surface area contributed by atoms with Gasteiger partial charge in [-0.25, -0.2) is 12.7 Å². The summed E-state index contributed by atoms with van der Waals surface area (Å²) in [5.74, 6) is -0.166. The van der Waals surface area contributed by atoms with Crippen LogP contribution in [0.2, 0.25) is 0 Å². The molecule has 21 heavy (non-hydrogen) atoms. The highest BCUT2D eigenvalue weighted by molar-refractivity contribution is 7.89. The number of hydrogen-bond acceptors (Lipinski definition) is 5. The summed E-state index contributed by atoms with van der Waals surface area (Å²) in [4.78, 5) is 13.3. The molecular formula is C13H22N4O3S. The number of anilines is 2. The lowest BCUT2D eigenvalue weighted by Crippen LogP contribution is -2.28. The lowest BCUT2D eigenvalue weighted by atomic mass is 10.1. The van der Waals surface area contributed by atoms with Gasteiger partial charge in [-0.2, -0.15) is 0 Å². The Morgan fingerprint density at radius 3 is 2.33 bits per heavy atom. The van der Waals surface area contributed by atoms with E-state index in [1.54, 1.807) is 32.3 Å². The normalized spacial score (nSPS) is 11.5. The van der Waals surface area contributed by atoms with E-state index in [1.165, 1.54) is 23.3 Å². The number of hydrogen-bond donors (Lipinski definition) is 2. The zero-order valence-corrected chi connectivity index (χ0v) is 13.6. The van der Waals surface area contributed by atoms with Gasteiger partial charge in [0.05, 0.1) is 17.1 Å². The number of amides is 1. The summed E-state index contributed by atoms with van der Waals surface area (Å²) in [6, 6.07) is 4.90. The second-order valence-corrected chi connectivity index (χ2v) is 7.33. The van der Waals surface area contributed by atoms with Crippen LogP contribution in [-0.4, -0.2) is 64.0 Å². The molecule has 1 aromatic carbocycles. The molecule has 0 bridgehead atoms. The van der Waals surface area contributed by atoms with Crippen LogP contribution in [0.15, 0.2) is 18.2 Å². The predicted molar refractivity (Wildman–Crippen MR) is 84.8 cm³/mol. The second-order valence-electron chi connectivity index (χ2n) is 5.03. The van der Waals surface area contributed by atoms with Crippen molar-refractivity contribution in [2.75, 3.05) is 51.5 Å². The molecule has 0 saturated heterocycles. The van der Waals surface area contributed by atoms with E-state index in [4.69, 9.17) is 5.73 Å². The first-order chi connectivity index (χ1) is 9.65. The molecule has 0 aliphatic carbocycles. The number of benzene rings is 1. The van der Waals surface area contributed by atoms with E-state index in [0.29, 0.717) is 16.9 Å². The summed E-state index contributed by atoms with van der Waals surface area (Å²) in [5.41, 5.74) is 7.38. The quantitative estimate of drug-likeness (QED) is 0.735. The molecule has 0 aliphatic rings. The molecule has 118 valence electrons. The third-order valence-electron chi connectivity index (χ3n) is 2.94. The van der Waals surface area contributed by atoms with E-state index in [0.717, 1.165) is 0 Å². The van der Waals surface area contributed by atoms with Gasteiger partial charge in [0.1, 0.15) is 0 Å². The lowest BCUT2D eigenvalue weighted by Gasteiger charge is -2.15. The predicted octanol–water partition coefficient (Wildman–Crippen LogP) is 0.274. The minimum absolute atomic E-state index is 0.0299. The number of carbonyl (C=O) groups is 1. The maximum Gasteiger partial charge on any atom is 0.253 e. The fourth-order valence-electron chi connectivity index (χ4n) is 1.61. The van der Waals surface area contributed by atoms with Crippen LogP contribution in [0.5, 0.6) is 0 Å². The molecule has 1 rings (SSSR count). The van der Waals surface area contributed by atoms with Gasteiger partial charge in [-0.3, -0.25) is 4.79 Å². The van der Waals surface area contributed by atoms with Gasteiger partial charge in [0.25, 0.3) is 5.91 Å². The molecule has 7 nitrogen and oxygen atoms in total. The van der Waals surface area contributed by atoms with Gasteiger partial charge < -0.3 is 16.0 Å². The van der Waals surface area contributed by atoms with Gasteiger partial charge in [0, 0.05) is 40.3 Å². The van der Waals surface area contributed by atoms with Crippen LogP contribution in [0.3, 0.4) is 0 Å². The minimum Gasteiger partial charge on any atom is -0.397 e. The smallest absolute Gasteiger partial charge is 0.253 e. The average Bonchev–Trinajstić information content (AvgIpc) is 2.39. The van der Waals surface area contributed by atoms with Crippen molar-refractivity contribution < 1.29 is 13.2 Å². The van der Waals surface area contributed by atoms with Crippen molar-refractivity contribution in [2.45, 2.75) is 0 Å². The lowest BCUT2D eigenvalue weighted by molar-refractivity contribution is 0.0827. The molecule has 0 atom stereocenters. The van der Waals surface area contributed by atoms with Crippen LogP contribution in [0.4, 0.5) is 11.4 Å². The van der Waals surface area contributed by atoms with E-state index in [-0.39, 0.29) is 18.2 Å². The first-order valence-electron chi connectivity index (χ1n) is 6.40. The van der Waals surface area contributed by atoms with Crippen LogP contribution in [0, 0.1) is 0 Å². The highest BCUT2D eigenvalue weighted by atomic mass is 32.2. The molecule has 0 heterocycles. The summed E-state index contributed by atoms with van der Waals surface area (Å²) in [5, 5.41) is 2.96. The van der Waals surface area contributed by atoms with Crippen molar-refractivity contribution in [3.8, 4) is 0 Å². The Morgan fingerprint density at radius 2 is 1.86 bits per heavy atom. The first-order valence-corrected chi connectivity index (χ1v) is 8.01. The number of carbonyl (C=O) groups excluding carboxylic acids is 1. The number of nitrogens with zero attached hydrogens (tertiary/aromatic N) is 2. The van der Waals surface area contributed by atoms with Gasteiger partial charge in [-0.15, -0.1) is 0 Å². The van der Waals surface area contributed by atoms with Crippen LogP contribution >= 0.6 is 0 Å². The first kappa shape index (κ1) is 17.3. The Labute approximate surface area is 125 Å². The van der Waals surface area contributed by atoms with E-state index in [9.17, 15) is 13.2 Å². The third kappa shape index (κ3) is 4.61. The summed E-state index contributed by atoms with van der Waals surface area (Å²) in [6.45, 7) is 0.242. The van der Waals surface area contributed by atoms with Crippen molar-refractivity contribution in [1.82, 2.24) is 9.21 Å². The van der Waals surface area contributed by atoms with E-state index in [2.05, 4.69) is 5.32 Å². The Kier molecular flexibility index (Phi) is 5.56. The Balaban J connectivity index is 2.72. The fourth-order valence-corrected chi connectivity index (χ4v) is 2.34. The summed E-state index contributed by atoms with van der Waals surface area (Å²) in [7, 11) is 3.07. The summed E-state index contributed by atoms with van der Waals surface area (Å²) >= 11 is 0. The number of nitrogens with two attached hydrogens (primary N) is 1. The molecule has 0 aliphatic heterocycles. The maximum absolute atomic E-state index is 11.8. The van der Waals surface area contributed by atoms with Crippen molar-refractivity contribution in [3.63, 3.8) is 0 Å². The molecular weight excluding hydrogens is 292 g/mol. The van der Waals surface area contributed by atoms with Gasteiger partial charge in [0.15, 0.2) is 0 Å². The molecule has 1 aromatic rings. The Morgan fingerprint density at radius 1 is 1.24 bits per heavy atom. The molecule has 8 heteroatoms. The number of sulfonamides is 1. The zero-order chi connectivity index (χ0) is 16.2. The monoisotopic (exact) mass is 314 g/mol. The van der Waals surface area contributed by atoms with Crippen LogP contribution in [0.1, 0.15) is 10.4 Å².